The van der Waals surface area contributed by atoms with E-state index in [9.17, 15) is 18.0 Å². The Morgan fingerprint density at radius 1 is 1.45 bits per heavy atom. The van der Waals surface area contributed by atoms with Gasteiger partial charge in [0.2, 0.25) is 5.91 Å². The smallest absolute Gasteiger partial charge is 0.251 e. The van der Waals surface area contributed by atoms with E-state index < -0.39 is 15.9 Å². The van der Waals surface area contributed by atoms with Crippen molar-refractivity contribution in [3.63, 3.8) is 0 Å². The standard InChI is InChI=1S/C13H16N2O4S/c1-8(7-20(2,18)19)14-13(17)10-4-3-9-6-12(16)15-11(9)5-10/h3-5,8H,6-7H2,1-2H3,(H,14,17)(H,15,16). The number of nitrogens with one attached hydrogen (secondary N) is 2. The van der Waals surface area contributed by atoms with Crippen molar-refractivity contribution in [2.24, 2.45) is 0 Å². The molecule has 1 atom stereocenters. The highest BCUT2D eigenvalue weighted by atomic mass is 32.2. The molecule has 7 heteroatoms. The number of carbonyl (C=O) groups excluding carboxylic acids is 2. The molecule has 0 bridgehead atoms. The maximum Gasteiger partial charge on any atom is 0.251 e. The number of hydrogen-bond acceptors (Lipinski definition) is 4. The van der Waals surface area contributed by atoms with Crippen LogP contribution in [0.15, 0.2) is 18.2 Å². The van der Waals surface area contributed by atoms with E-state index in [0.717, 1.165) is 11.8 Å². The molecule has 0 fully saturated rings. The summed E-state index contributed by atoms with van der Waals surface area (Å²) in [4.78, 5) is 23.2. The molecular formula is C13H16N2O4S. The molecule has 0 spiro atoms. The molecule has 0 aliphatic carbocycles. The molecular weight excluding hydrogens is 280 g/mol. The minimum Gasteiger partial charge on any atom is -0.349 e. The summed E-state index contributed by atoms with van der Waals surface area (Å²) < 4.78 is 22.3. The summed E-state index contributed by atoms with van der Waals surface area (Å²) in [5.41, 5.74) is 1.89. The summed E-state index contributed by atoms with van der Waals surface area (Å²) >= 11 is 0. The van der Waals surface area contributed by atoms with E-state index in [0.29, 0.717) is 17.7 Å². The van der Waals surface area contributed by atoms with Crippen molar-refractivity contribution in [2.45, 2.75) is 19.4 Å². The molecule has 0 aromatic heterocycles. The first kappa shape index (κ1) is 14.5. The van der Waals surface area contributed by atoms with E-state index in [1.807, 2.05) is 0 Å². The van der Waals surface area contributed by atoms with Crippen LogP contribution in [0, 0.1) is 0 Å². The summed E-state index contributed by atoms with van der Waals surface area (Å²) in [6, 6.07) is 4.48. The minimum absolute atomic E-state index is 0.0944. The lowest BCUT2D eigenvalue weighted by molar-refractivity contribution is -0.115. The van der Waals surface area contributed by atoms with Crippen LogP contribution in [0.1, 0.15) is 22.8 Å². The van der Waals surface area contributed by atoms with E-state index in [4.69, 9.17) is 0 Å². The predicted octanol–water partition coefficient (Wildman–Crippen LogP) is 0.344. The quantitative estimate of drug-likeness (QED) is 0.838. The lowest BCUT2D eigenvalue weighted by Crippen LogP contribution is -2.37. The number of fused-ring (bicyclic) bond motifs is 1. The first-order valence-electron chi connectivity index (χ1n) is 6.16. The van der Waals surface area contributed by atoms with Crippen LogP contribution in [0.25, 0.3) is 0 Å². The zero-order valence-electron chi connectivity index (χ0n) is 11.3. The van der Waals surface area contributed by atoms with Crippen LogP contribution in [0.2, 0.25) is 0 Å². The fourth-order valence-corrected chi connectivity index (χ4v) is 3.15. The molecule has 1 heterocycles. The second-order valence-corrected chi connectivity index (χ2v) is 7.25. The van der Waals surface area contributed by atoms with Crippen LogP contribution in [-0.4, -0.2) is 38.3 Å². The Hall–Kier alpha value is -1.89. The van der Waals surface area contributed by atoms with Crippen molar-refractivity contribution in [1.82, 2.24) is 5.32 Å². The Labute approximate surface area is 117 Å². The monoisotopic (exact) mass is 296 g/mol. The number of rotatable bonds is 4. The molecule has 1 aliphatic rings. The first-order chi connectivity index (χ1) is 9.24. The first-order valence-corrected chi connectivity index (χ1v) is 8.22. The van der Waals surface area contributed by atoms with Gasteiger partial charge in [0.05, 0.1) is 12.2 Å². The van der Waals surface area contributed by atoms with E-state index in [2.05, 4.69) is 10.6 Å². The van der Waals surface area contributed by atoms with Gasteiger partial charge < -0.3 is 10.6 Å². The van der Waals surface area contributed by atoms with Crippen LogP contribution in [-0.2, 0) is 21.1 Å². The highest BCUT2D eigenvalue weighted by Gasteiger charge is 2.20. The molecule has 108 valence electrons. The SMILES string of the molecule is CC(CS(C)(=O)=O)NC(=O)c1ccc2c(c1)NC(=O)C2. The van der Waals surface area contributed by atoms with Crippen LogP contribution < -0.4 is 10.6 Å². The van der Waals surface area contributed by atoms with Crippen molar-refractivity contribution >= 4 is 27.3 Å². The van der Waals surface area contributed by atoms with Crippen LogP contribution >= 0.6 is 0 Å². The third-order valence-corrected chi connectivity index (χ3v) is 4.03. The van der Waals surface area contributed by atoms with Gasteiger partial charge in [-0.15, -0.1) is 0 Å². The Kier molecular flexibility index (Phi) is 3.80. The minimum atomic E-state index is -3.14. The molecule has 0 saturated heterocycles. The summed E-state index contributed by atoms with van der Waals surface area (Å²) in [5.74, 6) is -0.562. The van der Waals surface area contributed by atoms with Crippen molar-refractivity contribution < 1.29 is 18.0 Å². The van der Waals surface area contributed by atoms with Crippen LogP contribution in [0.4, 0.5) is 5.69 Å². The summed E-state index contributed by atoms with van der Waals surface area (Å²) in [6.07, 6.45) is 1.45. The molecule has 0 saturated carbocycles. The van der Waals surface area contributed by atoms with Crippen LogP contribution in [0.3, 0.4) is 0 Å². The number of sulfone groups is 1. The normalized spacial score (nSPS) is 15.4. The maximum absolute atomic E-state index is 12.0. The fourth-order valence-electron chi connectivity index (χ4n) is 2.16. The van der Waals surface area contributed by atoms with E-state index >= 15 is 0 Å². The van der Waals surface area contributed by atoms with Gasteiger partial charge in [-0.05, 0) is 24.6 Å². The third-order valence-electron chi connectivity index (χ3n) is 2.93. The number of benzene rings is 1. The van der Waals surface area contributed by atoms with E-state index in [1.165, 1.54) is 0 Å². The number of carbonyl (C=O) groups is 2. The van der Waals surface area contributed by atoms with E-state index in [1.54, 1.807) is 25.1 Å². The second-order valence-electron chi connectivity index (χ2n) is 5.06. The molecule has 6 nitrogen and oxygen atoms in total. The Morgan fingerprint density at radius 3 is 2.80 bits per heavy atom. The molecule has 2 amide bonds. The molecule has 20 heavy (non-hydrogen) atoms. The summed E-state index contributed by atoms with van der Waals surface area (Å²) in [7, 11) is -3.14. The highest BCUT2D eigenvalue weighted by molar-refractivity contribution is 7.90. The van der Waals surface area contributed by atoms with Gasteiger partial charge in [0.1, 0.15) is 9.84 Å². The Bertz CT molecular complexity index is 667. The van der Waals surface area contributed by atoms with Gasteiger partial charge in [-0.2, -0.15) is 0 Å². The van der Waals surface area contributed by atoms with Crippen molar-refractivity contribution in [1.29, 1.82) is 0 Å². The van der Waals surface area contributed by atoms with Crippen molar-refractivity contribution in [2.75, 3.05) is 17.3 Å². The molecule has 2 N–H and O–H groups in total. The number of hydrogen-bond donors (Lipinski definition) is 2. The highest BCUT2D eigenvalue weighted by Crippen LogP contribution is 2.23. The summed E-state index contributed by atoms with van der Waals surface area (Å²) in [5, 5.41) is 5.29. The van der Waals surface area contributed by atoms with Gasteiger partial charge in [-0.25, -0.2) is 8.42 Å². The molecule has 1 unspecified atom stereocenters. The van der Waals surface area contributed by atoms with Gasteiger partial charge in [-0.1, -0.05) is 6.07 Å². The molecule has 2 rings (SSSR count). The van der Waals surface area contributed by atoms with Gasteiger partial charge in [-0.3, -0.25) is 9.59 Å². The van der Waals surface area contributed by atoms with Crippen LogP contribution in [0.5, 0.6) is 0 Å². The van der Waals surface area contributed by atoms with Gasteiger partial charge in [0.25, 0.3) is 5.91 Å². The zero-order valence-corrected chi connectivity index (χ0v) is 12.1. The molecule has 0 radical (unpaired) electrons. The van der Waals surface area contributed by atoms with E-state index in [-0.39, 0.29) is 17.6 Å². The predicted molar refractivity (Wildman–Crippen MR) is 75.4 cm³/mol. The van der Waals surface area contributed by atoms with Crippen molar-refractivity contribution in [3.05, 3.63) is 29.3 Å². The average Bonchev–Trinajstić information content (AvgIpc) is 2.64. The molecule has 1 aromatic rings. The van der Waals surface area contributed by atoms with Gasteiger partial charge >= 0.3 is 0 Å². The van der Waals surface area contributed by atoms with Crippen molar-refractivity contribution in [3.8, 4) is 0 Å². The fraction of sp³-hybridized carbons (Fsp3) is 0.385. The lowest BCUT2D eigenvalue weighted by atomic mass is 10.1. The second kappa shape index (κ2) is 5.24. The molecule has 1 aliphatic heterocycles. The topological polar surface area (TPSA) is 92.3 Å². The lowest BCUT2D eigenvalue weighted by Gasteiger charge is -2.13. The van der Waals surface area contributed by atoms with Gasteiger partial charge in [0.15, 0.2) is 0 Å². The van der Waals surface area contributed by atoms with Gasteiger partial charge in [0, 0.05) is 23.5 Å². The Morgan fingerprint density at radius 2 is 2.15 bits per heavy atom. The summed E-state index contributed by atoms with van der Waals surface area (Å²) in [6.45, 7) is 1.63. The maximum atomic E-state index is 12.0. The number of amides is 2. The average molecular weight is 296 g/mol. The largest absolute Gasteiger partial charge is 0.349 e. The molecule has 1 aromatic carbocycles. The zero-order chi connectivity index (χ0) is 14.9. The number of anilines is 1. The third kappa shape index (κ3) is 3.57. The Balaban J connectivity index is 2.07.